The van der Waals surface area contributed by atoms with Gasteiger partial charge in [-0.25, -0.2) is 4.98 Å². The number of pyridine rings is 1. The van der Waals surface area contributed by atoms with Gasteiger partial charge in [-0.05, 0) is 12.1 Å². The topological polar surface area (TPSA) is 91.8 Å². The summed E-state index contributed by atoms with van der Waals surface area (Å²) in [5.41, 5.74) is 0. The lowest BCUT2D eigenvalue weighted by atomic mass is 10.3. The monoisotopic (exact) mass is 306 g/mol. The van der Waals surface area contributed by atoms with E-state index in [4.69, 9.17) is 0 Å². The number of amides is 2. The minimum absolute atomic E-state index is 0.311. The average molecular weight is 306 g/mol. The number of methoxy groups -OCH3 is 1. The first-order valence-electron chi connectivity index (χ1n) is 6.91. The number of carbonyl (C=O) groups excluding carboxylic acids is 3. The summed E-state index contributed by atoms with van der Waals surface area (Å²) in [6, 6.07) is 5.65. The van der Waals surface area contributed by atoms with Crippen molar-refractivity contribution in [2.45, 2.75) is 0 Å². The number of anilines is 1. The van der Waals surface area contributed by atoms with E-state index in [0.717, 1.165) is 5.82 Å². The van der Waals surface area contributed by atoms with Gasteiger partial charge in [0.1, 0.15) is 12.4 Å². The summed E-state index contributed by atoms with van der Waals surface area (Å²) >= 11 is 0. The summed E-state index contributed by atoms with van der Waals surface area (Å²) in [6.07, 6.45) is 1.72. The van der Waals surface area contributed by atoms with Gasteiger partial charge in [0.2, 0.25) is 0 Å². The smallest absolute Gasteiger partial charge is 0.325 e. The van der Waals surface area contributed by atoms with E-state index >= 15 is 0 Å². The number of aromatic nitrogens is 1. The molecule has 118 valence electrons. The van der Waals surface area contributed by atoms with Crippen molar-refractivity contribution in [2.75, 3.05) is 44.7 Å². The molecule has 1 aromatic rings. The Morgan fingerprint density at radius 2 is 1.95 bits per heavy atom. The second kappa shape index (κ2) is 7.39. The van der Waals surface area contributed by atoms with Gasteiger partial charge >= 0.3 is 17.8 Å². The highest BCUT2D eigenvalue weighted by Crippen LogP contribution is 2.12. The first-order valence-corrected chi connectivity index (χ1v) is 6.91. The van der Waals surface area contributed by atoms with Gasteiger partial charge in [-0.15, -0.1) is 0 Å². The largest absolute Gasteiger partial charge is 0.468 e. The fraction of sp³-hybridized carbons (Fsp3) is 0.429. The highest BCUT2D eigenvalue weighted by atomic mass is 16.5. The molecule has 1 fully saturated rings. The second-order valence-electron chi connectivity index (χ2n) is 4.73. The van der Waals surface area contributed by atoms with Crippen LogP contribution in [0.3, 0.4) is 0 Å². The molecule has 22 heavy (non-hydrogen) atoms. The molecule has 0 bridgehead atoms. The minimum atomic E-state index is -0.795. The molecule has 2 amide bonds. The molecule has 8 heteroatoms. The van der Waals surface area contributed by atoms with E-state index in [1.165, 1.54) is 12.0 Å². The number of hydrogen-bond acceptors (Lipinski definition) is 6. The normalized spacial score (nSPS) is 14.4. The summed E-state index contributed by atoms with van der Waals surface area (Å²) in [4.78, 5) is 42.4. The van der Waals surface area contributed by atoms with E-state index in [9.17, 15) is 14.4 Å². The van der Waals surface area contributed by atoms with Crippen LogP contribution in [0.1, 0.15) is 0 Å². The van der Waals surface area contributed by atoms with Crippen LogP contribution >= 0.6 is 0 Å². The van der Waals surface area contributed by atoms with Crippen molar-refractivity contribution >= 4 is 23.6 Å². The zero-order valence-electron chi connectivity index (χ0n) is 12.3. The highest BCUT2D eigenvalue weighted by molar-refractivity contribution is 6.35. The van der Waals surface area contributed by atoms with Crippen LogP contribution in [-0.4, -0.2) is 67.5 Å². The molecule has 0 aromatic carbocycles. The SMILES string of the molecule is COC(=O)CNC(=O)C(=O)N1CCN(c2ccccn2)CC1. The highest BCUT2D eigenvalue weighted by Gasteiger charge is 2.26. The third-order valence-corrected chi connectivity index (χ3v) is 3.36. The Morgan fingerprint density at radius 3 is 2.55 bits per heavy atom. The molecule has 2 heterocycles. The predicted molar refractivity (Wildman–Crippen MR) is 78.1 cm³/mol. The fourth-order valence-electron chi connectivity index (χ4n) is 2.12. The third-order valence-electron chi connectivity index (χ3n) is 3.36. The molecule has 2 rings (SSSR count). The quantitative estimate of drug-likeness (QED) is 0.570. The van der Waals surface area contributed by atoms with E-state index in [1.54, 1.807) is 6.20 Å². The summed E-state index contributed by atoms with van der Waals surface area (Å²) in [5, 5.41) is 2.24. The van der Waals surface area contributed by atoms with Crippen molar-refractivity contribution in [3.63, 3.8) is 0 Å². The van der Waals surface area contributed by atoms with Gasteiger partial charge in [0.25, 0.3) is 0 Å². The standard InChI is InChI=1S/C14H18N4O4/c1-22-12(19)10-16-13(20)14(21)18-8-6-17(7-9-18)11-4-2-3-5-15-11/h2-5H,6-10H2,1H3,(H,16,20). The molecule has 0 saturated carbocycles. The molecule has 0 radical (unpaired) electrons. The Bertz CT molecular complexity index is 541. The maximum Gasteiger partial charge on any atom is 0.325 e. The lowest BCUT2D eigenvalue weighted by Crippen LogP contribution is -2.53. The van der Waals surface area contributed by atoms with Crippen LogP contribution < -0.4 is 10.2 Å². The molecular weight excluding hydrogens is 288 g/mol. The molecule has 1 aromatic heterocycles. The average Bonchev–Trinajstić information content (AvgIpc) is 2.59. The molecule has 1 saturated heterocycles. The Balaban J connectivity index is 1.82. The number of nitrogens with one attached hydrogen (secondary N) is 1. The van der Waals surface area contributed by atoms with Crippen LogP contribution in [-0.2, 0) is 19.1 Å². The Morgan fingerprint density at radius 1 is 1.23 bits per heavy atom. The summed E-state index contributed by atoms with van der Waals surface area (Å²) in [5.74, 6) is -1.17. The van der Waals surface area contributed by atoms with Crippen LogP contribution in [0.15, 0.2) is 24.4 Å². The van der Waals surface area contributed by atoms with Crippen molar-refractivity contribution < 1.29 is 19.1 Å². The maximum atomic E-state index is 12.0. The van der Waals surface area contributed by atoms with Gasteiger partial charge in [0.05, 0.1) is 7.11 Å². The van der Waals surface area contributed by atoms with E-state index < -0.39 is 17.8 Å². The fourth-order valence-corrected chi connectivity index (χ4v) is 2.12. The molecule has 0 unspecified atom stereocenters. The number of nitrogens with zero attached hydrogens (tertiary/aromatic N) is 3. The van der Waals surface area contributed by atoms with Crippen molar-refractivity contribution in [1.82, 2.24) is 15.2 Å². The zero-order valence-corrected chi connectivity index (χ0v) is 12.3. The Hall–Kier alpha value is -2.64. The van der Waals surface area contributed by atoms with Gasteiger partial charge in [-0.2, -0.15) is 0 Å². The van der Waals surface area contributed by atoms with Crippen molar-refractivity contribution in [3.05, 3.63) is 24.4 Å². The van der Waals surface area contributed by atoms with Crippen LogP contribution in [0.5, 0.6) is 0 Å². The molecule has 8 nitrogen and oxygen atoms in total. The lowest BCUT2D eigenvalue weighted by Gasteiger charge is -2.34. The molecule has 1 aliphatic rings. The molecule has 0 spiro atoms. The molecule has 0 atom stereocenters. The predicted octanol–water partition coefficient (Wildman–Crippen LogP) is -0.981. The van der Waals surface area contributed by atoms with Crippen molar-refractivity contribution in [2.24, 2.45) is 0 Å². The summed E-state index contributed by atoms with van der Waals surface area (Å²) in [7, 11) is 1.22. The number of piperazine rings is 1. The molecule has 1 N–H and O–H groups in total. The van der Waals surface area contributed by atoms with E-state index in [1.807, 2.05) is 18.2 Å². The first kappa shape index (κ1) is 15.7. The molecular formula is C14H18N4O4. The lowest BCUT2D eigenvalue weighted by molar-refractivity contribution is -0.147. The second-order valence-corrected chi connectivity index (χ2v) is 4.73. The summed E-state index contributed by atoms with van der Waals surface area (Å²) < 4.78 is 4.40. The van der Waals surface area contributed by atoms with Gasteiger partial charge in [0, 0.05) is 32.4 Å². The Kier molecular flexibility index (Phi) is 5.29. The maximum absolute atomic E-state index is 12.0. The van der Waals surface area contributed by atoms with Crippen LogP contribution in [0, 0.1) is 0 Å². The minimum Gasteiger partial charge on any atom is -0.468 e. The van der Waals surface area contributed by atoms with Crippen molar-refractivity contribution in [1.29, 1.82) is 0 Å². The van der Waals surface area contributed by atoms with Crippen LogP contribution in [0.4, 0.5) is 5.82 Å². The zero-order chi connectivity index (χ0) is 15.9. The number of carbonyl (C=O) groups is 3. The van der Waals surface area contributed by atoms with Crippen LogP contribution in [0.25, 0.3) is 0 Å². The third kappa shape index (κ3) is 3.94. The van der Waals surface area contributed by atoms with Gasteiger partial charge in [-0.3, -0.25) is 14.4 Å². The number of ether oxygens (including phenoxy) is 1. The number of esters is 1. The van der Waals surface area contributed by atoms with Crippen LogP contribution in [0.2, 0.25) is 0 Å². The van der Waals surface area contributed by atoms with E-state index in [2.05, 4.69) is 19.9 Å². The first-order chi connectivity index (χ1) is 10.6. The van der Waals surface area contributed by atoms with Gasteiger partial charge < -0.3 is 19.9 Å². The van der Waals surface area contributed by atoms with E-state index in [0.29, 0.717) is 26.2 Å². The van der Waals surface area contributed by atoms with Gasteiger partial charge in [-0.1, -0.05) is 6.07 Å². The van der Waals surface area contributed by atoms with Crippen molar-refractivity contribution in [3.8, 4) is 0 Å². The number of rotatable bonds is 3. The molecule has 0 aliphatic carbocycles. The van der Waals surface area contributed by atoms with Gasteiger partial charge in [0.15, 0.2) is 0 Å². The molecule has 1 aliphatic heterocycles. The summed E-state index contributed by atoms with van der Waals surface area (Å²) in [6.45, 7) is 1.76. The number of hydrogen-bond donors (Lipinski definition) is 1. The van der Waals surface area contributed by atoms with E-state index in [-0.39, 0.29) is 6.54 Å². The Labute approximate surface area is 128 Å².